The van der Waals surface area contributed by atoms with Crippen molar-refractivity contribution in [2.24, 2.45) is 22.7 Å². The summed E-state index contributed by atoms with van der Waals surface area (Å²) < 4.78 is 52.2. The molecule has 0 radical (unpaired) electrons. The lowest BCUT2D eigenvalue weighted by atomic mass is 9.44. The largest absolute Gasteiger partial charge is 0.458 e. The number of halogens is 1. The SMILES string of the molecule is C[C@]12CCC(=O)C=C1CC[C@H]1[C@@H]3CC[C@](O)(C(=O)COC(=O)CCS(=O)(=O)O)[C@@]3(C)C[C@H](O)[C@@]12F. The van der Waals surface area contributed by atoms with Crippen LogP contribution in [0.25, 0.3) is 0 Å². The van der Waals surface area contributed by atoms with Gasteiger partial charge in [-0.15, -0.1) is 0 Å². The van der Waals surface area contributed by atoms with Gasteiger partial charge in [-0.1, -0.05) is 19.4 Å². The van der Waals surface area contributed by atoms with Gasteiger partial charge in [-0.2, -0.15) is 8.42 Å². The van der Waals surface area contributed by atoms with E-state index in [1.165, 1.54) is 6.08 Å². The number of carbonyl (C=O) groups is 3. The third-order valence-corrected chi connectivity index (χ3v) is 10.3. The van der Waals surface area contributed by atoms with Crippen molar-refractivity contribution in [3.63, 3.8) is 0 Å². The Balaban J connectivity index is 1.56. The molecule has 0 heterocycles. The van der Waals surface area contributed by atoms with Crippen molar-refractivity contribution in [3.8, 4) is 0 Å². The minimum atomic E-state index is -4.37. The smallest absolute Gasteiger partial charge is 0.307 e. The fraction of sp³-hybridized carbons (Fsp3) is 0.792. The maximum atomic E-state index is 17.0. The van der Waals surface area contributed by atoms with Crippen LogP contribution in [0, 0.1) is 22.7 Å². The van der Waals surface area contributed by atoms with Crippen LogP contribution < -0.4 is 0 Å². The predicted octanol–water partition coefficient (Wildman–Crippen LogP) is 1.70. The molecule has 0 aliphatic heterocycles. The topological polar surface area (TPSA) is 155 Å². The molecule has 9 nitrogen and oxygen atoms in total. The van der Waals surface area contributed by atoms with Gasteiger partial charge in [0.15, 0.2) is 12.4 Å². The molecule has 3 N–H and O–H groups in total. The first kappa shape index (κ1) is 26.4. The Labute approximate surface area is 203 Å². The van der Waals surface area contributed by atoms with E-state index in [1.54, 1.807) is 13.8 Å². The summed E-state index contributed by atoms with van der Waals surface area (Å²) in [5, 5.41) is 22.8. The van der Waals surface area contributed by atoms with Crippen LogP contribution in [-0.2, 0) is 29.2 Å². The van der Waals surface area contributed by atoms with E-state index in [1.807, 2.05) is 0 Å². The molecule has 11 heteroatoms. The van der Waals surface area contributed by atoms with Crippen LogP contribution in [0.15, 0.2) is 11.6 Å². The number of hydrogen-bond acceptors (Lipinski definition) is 8. The van der Waals surface area contributed by atoms with Crippen molar-refractivity contribution in [1.29, 1.82) is 0 Å². The summed E-state index contributed by atoms with van der Waals surface area (Å²) in [5.74, 6) is -3.72. The van der Waals surface area contributed by atoms with Crippen LogP contribution in [-0.4, -0.2) is 70.5 Å². The first-order chi connectivity index (χ1) is 16.1. The lowest BCUT2D eigenvalue weighted by molar-refractivity contribution is -0.227. The van der Waals surface area contributed by atoms with E-state index < -0.39 is 80.7 Å². The number of allylic oxidation sites excluding steroid dienone is 1. The Morgan fingerprint density at radius 1 is 1.17 bits per heavy atom. The summed E-state index contributed by atoms with van der Waals surface area (Å²) in [4.78, 5) is 36.9. The van der Waals surface area contributed by atoms with E-state index in [4.69, 9.17) is 9.29 Å². The molecule has 4 aliphatic carbocycles. The monoisotopic (exact) mass is 516 g/mol. The number of Topliss-reactive ketones (excluding diaryl/α,β-unsaturated/α-hetero) is 1. The molecule has 3 saturated carbocycles. The van der Waals surface area contributed by atoms with Crippen molar-refractivity contribution < 1.29 is 46.7 Å². The van der Waals surface area contributed by atoms with Gasteiger partial charge < -0.3 is 14.9 Å². The summed E-state index contributed by atoms with van der Waals surface area (Å²) in [5.41, 5.74) is -5.40. The zero-order valence-electron chi connectivity index (χ0n) is 20.0. The normalized spacial score (nSPS) is 43.0. The lowest BCUT2D eigenvalue weighted by Gasteiger charge is -2.63. The van der Waals surface area contributed by atoms with E-state index in [9.17, 15) is 33.0 Å². The van der Waals surface area contributed by atoms with E-state index in [2.05, 4.69) is 0 Å². The summed E-state index contributed by atoms with van der Waals surface area (Å²) in [6.07, 6.45) is 1.02. The number of esters is 1. The van der Waals surface area contributed by atoms with E-state index in [0.29, 0.717) is 25.7 Å². The third kappa shape index (κ3) is 3.89. The number of ether oxygens (including phenoxy) is 1. The Kier molecular flexibility index (Phi) is 6.35. The average molecular weight is 517 g/mol. The lowest BCUT2D eigenvalue weighted by Crippen LogP contribution is -2.69. The van der Waals surface area contributed by atoms with Gasteiger partial charge in [0.2, 0.25) is 5.78 Å². The highest BCUT2D eigenvalue weighted by Gasteiger charge is 2.74. The molecule has 4 rings (SSSR count). The highest BCUT2D eigenvalue weighted by molar-refractivity contribution is 7.85. The van der Waals surface area contributed by atoms with Crippen LogP contribution in [0.2, 0.25) is 0 Å². The summed E-state index contributed by atoms with van der Waals surface area (Å²) in [6.45, 7) is 2.64. The molecular weight excluding hydrogens is 483 g/mol. The number of aliphatic hydroxyl groups is 2. The molecule has 0 amide bonds. The molecular formula is C24H33FO9S. The standard InChI is InChI=1S/C24H33FO9S/c1-21-8-5-15(26)11-14(21)3-4-17-16-6-9-23(30,22(16,2)12-18(27)24(17,21)25)19(28)13-34-20(29)7-10-35(31,32)33/h11,16-18,27,30H,3-10,12-13H2,1-2H3,(H,31,32,33)/t16-,17-,18-,21-,22-,23-,24-/m0/s1. The van der Waals surface area contributed by atoms with Crippen LogP contribution in [0.4, 0.5) is 4.39 Å². The van der Waals surface area contributed by atoms with E-state index in [-0.39, 0.29) is 25.0 Å². The highest BCUT2D eigenvalue weighted by Crippen LogP contribution is 2.70. The molecule has 35 heavy (non-hydrogen) atoms. The molecule has 0 aromatic carbocycles. The van der Waals surface area contributed by atoms with Gasteiger partial charge in [0.25, 0.3) is 10.1 Å². The second kappa shape index (κ2) is 8.43. The van der Waals surface area contributed by atoms with Crippen LogP contribution >= 0.6 is 0 Å². The zero-order chi connectivity index (χ0) is 26.0. The van der Waals surface area contributed by atoms with Crippen LogP contribution in [0.5, 0.6) is 0 Å². The van der Waals surface area contributed by atoms with Gasteiger partial charge in [0.05, 0.1) is 18.3 Å². The number of hydrogen-bond donors (Lipinski definition) is 3. The Hall–Kier alpha value is -1.69. The fourth-order valence-electron chi connectivity index (χ4n) is 7.58. The van der Waals surface area contributed by atoms with Crippen molar-refractivity contribution in [2.75, 3.05) is 12.4 Å². The number of aliphatic hydroxyl groups excluding tert-OH is 1. The van der Waals surface area contributed by atoms with Crippen LogP contribution in [0.3, 0.4) is 0 Å². The number of ketones is 2. The average Bonchev–Trinajstić information content (AvgIpc) is 3.03. The minimum absolute atomic E-state index is 0.0206. The van der Waals surface area contributed by atoms with E-state index >= 15 is 4.39 Å². The molecule has 0 unspecified atom stereocenters. The predicted molar refractivity (Wildman–Crippen MR) is 120 cm³/mol. The molecule has 0 saturated heterocycles. The molecule has 196 valence electrons. The highest BCUT2D eigenvalue weighted by atomic mass is 32.2. The quantitative estimate of drug-likeness (QED) is 0.353. The summed E-state index contributed by atoms with van der Waals surface area (Å²) >= 11 is 0. The second-order valence-electron chi connectivity index (χ2n) is 11.1. The Morgan fingerprint density at radius 3 is 2.51 bits per heavy atom. The first-order valence-corrected chi connectivity index (χ1v) is 13.7. The van der Waals surface area contributed by atoms with Gasteiger partial charge in [-0.3, -0.25) is 18.9 Å². The van der Waals surface area contributed by atoms with Crippen molar-refractivity contribution in [1.82, 2.24) is 0 Å². The Bertz CT molecular complexity index is 1090. The van der Waals surface area contributed by atoms with Gasteiger partial charge in [0.1, 0.15) is 11.3 Å². The van der Waals surface area contributed by atoms with Gasteiger partial charge in [-0.05, 0) is 50.5 Å². The van der Waals surface area contributed by atoms with Crippen molar-refractivity contribution >= 4 is 27.7 Å². The maximum absolute atomic E-state index is 17.0. The molecule has 0 aromatic heterocycles. The zero-order valence-corrected chi connectivity index (χ0v) is 20.8. The molecule has 0 aromatic rings. The van der Waals surface area contributed by atoms with Crippen LogP contribution in [0.1, 0.15) is 65.2 Å². The van der Waals surface area contributed by atoms with Gasteiger partial charge in [0, 0.05) is 23.2 Å². The number of rotatable bonds is 6. The number of carbonyl (C=O) groups excluding carboxylic acids is 3. The number of alkyl halides is 1. The molecule has 3 fully saturated rings. The third-order valence-electron chi connectivity index (χ3n) is 9.58. The maximum Gasteiger partial charge on any atom is 0.307 e. The van der Waals surface area contributed by atoms with Crippen molar-refractivity contribution in [2.45, 2.75) is 82.6 Å². The fourth-order valence-corrected chi connectivity index (χ4v) is 8.01. The van der Waals surface area contributed by atoms with Gasteiger partial charge in [-0.25, -0.2) is 4.39 Å². The minimum Gasteiger partial charge on any atom is -0.458 e. The molecule has 0 bridgehead atoms. The second-order valence-corrected chi connectivity index (χ2v) is 12.7. The Morgan fingerprint density at radius 2 is 1.86 bits per heavy atom. The molecule has 0 spiro atoms. The summed E-state index contributed by atoms with van der Waals surface area (Å²) in [6, 6.07) is 0. The van der Waals surface area contributed by atoms with Crippen molar-refractivity contribution in [3.05, 3.63) is 11.6 Å². The first-order valence-electron chi connectivity index (χ1n) is 12.1. The molecule has 4 aliphatic rings. The molecule has 7 atom stereocenters. The van der Waals surface area contributed by atoms with E-state index in [0.717, 1.165) is 5.57 Å². The summed E-state index contributed by atoms with van der Waals surface area (Å²) in [7, 11) is -4.37. The number of fused-ring (bicyclic) bond motifs is 5. The van der Waals surface area contributed by atoms with Gasteiger partial charge >= 0.3 is 5.97 Å².